The van der Waals surface area contributed by atoms with Gasteiger partial charge in [0.2, 0.25) is 0 Å². The van der Waals surface area contributed by atoms with Gasteiger partial charge in [0.1, 0.15) is 0 Å². The summed E-state index contributed by atoms with van der Waals surface area (Å²) in [5, 5.41) is -0.168. The molecule has 0 aromatic heterocycles. The molecule has 30 heavy (non-hydrogen) atoms. The Labute approximate surface area is 175 Å². The first kappa shape index (κ1) is 21.4. The van der Waals surface area contributed by atoms with E-state index >= 15 is 0 Å². The summed E-state index contributed by atoms with van der Waals surface area (Å²) >= 11 is 5.82. The number of carbonyl (C=O) groups excluding carboxylic acids is 2. The molecule has 2 N–H and O–H groups in total. The van der Waals surface area contributed by atoms with Crippen molar-refractivity contribution in [2.24, 2.45) is 0 Å². The number of benzene rings is 2. The van der Waals surface area contributed by atoms with E-state index in [4.69, 9.17) is 11.6 Å². The molecule has 8 heteroatoms. The van der Waals surface area contributed by atoms with E-state index in [1.54, 1.807) is 24.3 Å². The van der Waals surface area contributed by atoms with Crippen LogP contribution in [0, 0.1) is 0 Å². The van der Waals surface area contributed by atoms with E-state index in [1.165, 1.54) is 0 Å². The van der Waals surface area contributed by atoms with Gasteiger partial charge in [-0.2, -0.15) is 13.2 Å². The summed E-state index contributed by atoms with van der Waals surface area (Å²) < 4.78 is 38.5. The zero-order valence-electron chi connectivity index (χ0n) is 15.5. The Morgan fingerprint density at radius 2 is 1.63 bits per heavy atom. The Hall–Kier alpha value is -3.32. The molecule has 0 heterocycles. The summed E-state index contributed by atoms with van der Waals surface area (Å²) in [6, 6.07) is 9.08. The number of hydrogen-bond acceptors (Lipinski definition) is 2. The normalized spacial score (nSPS) is 13.4. The fraction of sp³-hybridized carbons (Fsp3) is 0.0909. The van der Waals surface area contributed by atoms with E-state index in [9.17, 15) is 22.8 Å². The molecule has 0 saturated carbocycles. The summed E-state index contributed by atoms with van der Waals surface area (Å²) in [4.78, 5) is 24.4. The lowest BCUT2D eigenvalue weighted by molar-refractivity contribution is -0.137. The fourth-order valence-corrected chi connectivity index (χ4v) is 2.94. The highest BCUT2D eigenvalue weighted by Gasteiger charge is 2.31. The van der Waals surface area contributed by atoms with E-state index in [-0.39, 0.29) is 10.6 Å². The minimum atomic E-state index is -4.62. The largest absolute Gasteiger partial charge is 0.416 e. The van der Waals surface area contributed by atoms with Crippen molar-refractivity contribution in [3.8, 4) is 0 Å². The molecule has 0 radical (unpaired) electrons. The molecule has 0 unspecified atom stereocenters. The number of halogens is 4. The van der Waals surface area contributed by atoms with Crippen molar-refractivity contribution in [2.45, 2.75) is 12.6 Å². The molecule has 3 rings (SSSR count). The molecule has 1 aliphatic carbocycles. The standard InChI is InChI=1S/C22H16ClF3N2O2/c23-19-12-11-17(22(24,25)26)13-18(19)21(30)28-27-20(29)16-9-7-15(8-10-16)14-5-3-1-2-4-6-14/h1-3,5-13H,4H2,(H,27,29)(H,28,30). The van der Waals surface area contributed by atoms with Gasteiger partial charge in [0.05, 0.1) is 16.1 Å². The lowest BCUT2D eigenvalue weighted by atomic mass is 10.0. The van der Waals surface area contributed by atoms with Crippen LogP contribution in [0.15, 0.2) is 72.8 Å². The van der Waals surface area contributed by atoms with Crippen LogP contribution in [0.2, 0.25) is 5.02 Å². The Kier molecular flexibility index (Phi) is 6.42. The van der Waals surface area contributed by atoms with Gasteiger partial charge in [-0.3, -0.25) is 20.4 Å². The number of allylic oxidation sites excluding steroid dienone is 6. The van der Waals surface area contributed by atoms with Crippen LogP contribution in [-0.4, -0.2) is 11.8 Å². The van der Waals surface area contributed by atoms with Gasteiger partial charge >= 0.3 is 6.18 Å². The second-order valence-corrected chi connectivity index (χ2v) is 6.77. The SMILES string of the molecule is O=C(NNC(=O)c1cc(C(F)(F)F)ccc1Cl)c1ccc(C2=CCC=CC=C2)cc1. The molecule has 4 nitrogen and oxygen atoms in total. The number of hydrogen-bond donors (Lipinski definition) is 2. The highest BCUT2D eigenvalue weighted by Crippen LogP contribution is 2.31. The number of carbonyl (C=O) groups is 2. The predicted octanol–water partition coefficient (Wildman–Crippen LogP) is 5.33. The summed E-state index contributed by atoms with van der Waals surface area (Å²) in [7, 11) is 0. The third-order valence-electron chi connectivity index (χ3n) is 4.31. The molecular formula is C22H16ClF3N2O2. The van der Waals surface area contributed by atoms with Crippen LogP contribution in [0.25, 0.3) is 5.57 Å². The summed E-state index contributed by atoms with van der Waals surface area (Å²) in [6.45, 7) is 0. The molecule has 154 valence electrons. The van der Waals surface area contributed by atoms with Crippen molar-refractivity contribution in [3.63, 3.8) is 0 Å². The number of amides is 2. The molecule has 0 fully saturated rings. The third-order valence-corrected chi connectivity index (χ3v) is 4.63. The number of nitrogens with one attached hydrogen (secondary N) is 2. The lowest BCUT2D eigenvalue weighted by Gasteiger charge is -2.12. The second kappa shape index (κ2) is 9.00. The van der Waals surface area contributed by atoms with Crippen molar-refractivity contribution in [3.05, 3.63) is 100 Å². The first-order valence-electron chi connectivity index (χ1n) is 8.87. The maximum atomic E-state index is 12.8. The molecule has 1 aliphatic rings. The van der Waals surface area contributed by atoms with Crippen molar-refractivity contribution in [1.82, 2.24) is 10.9 Å². The number of rotatable bonds is 3. The molecule has 0 spiro atoms. The summed E-state index contributed by atoms with van der Waals surface area (Å²) in [5.74, 6) is -1.58. The van der Waals surface area contributed by atoms with E-state index in [1.807, 2.05) is 30.4 Å². The average molecular weight is 433 g/mol. The maximum Gasteiger partial charge on any atom is 0.416 e. The fourth-order valence-electron chi connectivity index (χ4n) is 2.74. The molecule has 2 amide bonds. The van der Waals surface area contributed by atoms with E-state index < -0.39 is 29.1 Å². The van der Waals surface area contributed by atoms with Crippen molar-refractivity contribution >= 4 is 29.0 Å². The minimum absolute atomic E-state index is 0.168. The monoisotopic (exact) mass is 432 g/mol. The molecule has 2 aromatic carbocycles. The van der Waals surface area contributed by atoms with Gasteiger partial charge in [0.25, 0.3) is 11.8 Å². The van der Waals surface area contributed by atoms with Crippen LogP contribution in [0.5, 0.6) is 0 Å². The quantitative estimate of drug-likeness (QED) is 0.644. The van der Waals surface area contributed by atoms with Gasteiger partial charge in [-0.25, -0.2) is 0 Å². The van der Waals surface area contributed by atoms with E-state index in [0.29, 0.717) is 6.07 Å². The minimum Gasteiger partial charge on any atom is -0.267 e. The Balaban J connectivity index is 1.66. The van der Waals surface area contributed by atoms with Crippen molar-refractivity contribution in [2.75, 3.05) is 0 Å². The van der Waals surface area contributed by atoms with Crippen LogP contribution in [0.3, 0.4) is 0 Å². The highest BCUT2D eigenvalue weighted by atomic mass is 35.5. The Morgan fingerprint density at radius 1 is 0.933 bits per heavy atom. The van der Waals surface area contributed by atoms with Gasteiger partial charge in [-0.15, -0.1) is 0 Å². The van der Waals surface area contributed by atoms with Crippen LogP contribution in [-0.2, 0) is 6.18 Å². The zero-order chi connectivity index (χ0) is 21.7. The smallest absolute Gasteiger partial charge is 0.267 e. The molecule has 0 saturated heterocycles. The number of hydrazine groups is 1. The second-order valence-electron chi connectivity index (χ2n) is 6.36. The molecular weight excluding hydrogens is 417 g/mol. The zero-order valence-corrected chi connectivity index (χ0v) is 16.2. The van der Waals surface area contributed by atoms with Gasteiger partial charge in [0, 0.05) is 5.56 Å². The lowest BCUT2D eigenvalue weighted by Crippen LogP contribution is -2.41. The third kappa shape index (κ3) is 5.18. The average Bonchev–Trinajstić information content (AvgIpc) is 3.01. The first-order chi connectivity index (χ1) is 14.3. The number of alkyl halides is 3. The van der Waals surface area contributed by atoms with Crippen LogP contribution < -0.4 is 10.9 Å². The first-order valence-corrected chi connectivity index (χ1v) is 9.25. The van der Waals surface area contributed by atoms with Gasteiger partial charge < -0.3 is 0 Å². The van der Waals surface area contributed by atoms with E-state index in [0.717, 1.165) is 29.7 Å². The highest BCUT2D eigenvalue weighted by molar-refractivity contribution is 6.33. The topological polar surface area (TPSA) is 58.2 Å². The van der Waals surface area contributed by atoms with Crippen LogP contribution >= 0.6 is 11.6 Å². The molecule has 0 bridgehead atoms. The van der Waals surface area contributed by atoms with Crippen LogP contribution in [0.1, 0.15) is 38.3 Å². The van der Waals surface area contributed by atoms with Gasteiger partial charge in [0.15, 0.2) is 0 Å². The maximum absolute atomic E-state index is 12.8. The summed E-state index contributed by atoms with van der Waals surface area (Å²) in [6.07, 6.45) is 6.08. The Bertz CT molecular complexity index is 1060. The Morgan fingerprint density at radius 3 is 2.33 bits per heavy atom. The van der Waals surface area contributed by atoms with Gasteiger partial charge in [-0.05, 0) is 47.9 Å². The predicted molar refractivity (Wildman–Crippen MR) is 109 cm³/mol. The molecule has 2 aromatic rings. The van der Waals surface area contributed by atoms with Gasteiger partial charge in [-0.1, -0.05) is 54.1 Å². The summed E-state index contributed by atoms with van der Waals surface area (Å²) in [5.41, 5.74) is 5.04. The molecule has 0 aliphatic heterocycles. The molecule has 0 atom stereocenters. The van der Waals surface area contributed by atoms with Crippen molar-refractivity contribution in [1.29, 1.82) is 0 Å². The van der Waals surface area contributed by atoms with Crippen LogP contribution in [0.4, 0.5) is 13.2 Å². The van der Waals surface area contributed by atoms with E-state index in [2.05, 4.69) is 10.9 Å². The van der Waals surface area contributed by atoms with Crippen molar-refractivity contribution < 1.29 is 22.8 Å².